The van der Waals surface area contributed by atoms with E-state index in [1.54, 1.807) is 12.4 Å². The molecule has 12 heteroatoms. The highest BCUT2D eigenvalue weighted by molar-refractivity contribution is 5.87. The van der Waals surface area contributed by atoms with Gasteiger partial charge in [0.25, 0.3) is 6.20 Å². The third-order valence-corrected chi connectivity index (χ3v) is 4.57. The highest BCUT2D eigenvalue weighted by Gasteiger charge is 2.30. The number of amidine groups is 1. The Kier molecular flexibility index (Phi) is 6.39. The van der Waals surface area contributed by atoms with Crippen LogP contribution >= 0.6 is 0 Å². The molecule has 0 bridgehead atoms. The zero-order chi connectivity index (χ0) is 24.1. The minimum atomic E-state index is -4.52. The summed E-state index contributed by atoms with van der Waals surface area (Å²) in [6, 6.07) is 11.2. The maximum atomic E-state index is 12.8. The minimum Gasteiger partial charge on any atom is -0.846 e. The van der Waals surface area contributed by atoms with Crippen molar-refractivity contribution in [2.75, 3.05) is 12.4 Å². The molecule has 0 amide bonds. The summed E-state index contributed by atoms with van der Waals surface area (Å²) in [7, 11) is 1.49. The first kappa shape index (κ1) is 22.7. The molecule has 0 radical (unpaired) electrons. The number of rotatable bonds is 6. The Morgan fingerprint density at radius 1 is 1.12 bits per heavy atom. The number of nitrogens with zero attached hydrogens (tertiary/aromatic N) is 5. The van der Waals surface area contributed by atoms with Gasteiger partial charge in [-0.3, -0.25) is 4.52 Å². The SMILES string of the molecule is COc1ncc(-c2cccc(C[n+]3cc(N=C([O-])Nc4cccc(C(F)(F)F)c4)on3)c2)cn1. The van der Waals surface area contributed by atoms with Crippen molar-refractivity contribution >= 4 is 17.6 Å². The summed E-state index contributed by atoms with van der Waals surface area (Å²) in [6.45, 7) is 0.319. The number of methoxy groups -OCH3 is 1. The summed E-state index contributed by atoms with van der Waals surface area (Å²) in [4.78, 5) is 11.9. The van der Waals surface area contributed by atoms with Crippen LogP contribution in [0.3, 0.4) is 0 Å². The molecule has 2 aromatic heterocycles. The van der Waals surface area contributed by atoms with E-state index in [1.807, 2.05) is 24.3 Å². The van der Waals surface area contributed by atoms with Crippen molar-refractivity contribution in [3.05, 3.63) is 78.2 Å². The second kappa shape index (κ2) is 9.57. The summed E-state index contributed by atoms with van der Waals surface area (Å²) in [6.07, 6.45) is 0.170. The molecule has 2 heterocycles. The van der Waals surface area contributed by atoms with E-state index in [4.69, 9.17) is 9.26 Å². The highest BCUT2D eigenvalue weighted by Crippen LogP contribution is 2.30. The second-order valence-corrected chi connectivity index (χ2v) is 7.02. The van der Waals surface area contributed by atoms with E-state index in [-0.39, 0.29) is 17.6 Å². The number of alkyl halides is 3. The van der Waals surface area contributed by atoms with E-state index in [1.165, 1.54) is 30.1 Å². The van der Waals surface area contributed by atoms with Crippen LogP contribution in [0, 0.1) is 0 Å². The molecule has 0 aliphatic heterocycles. The van der Waals surface area contributed by atoms with E-state index in [2.05, 4.69) is 25.5 Å². The molecule has 9 nitrogen and oxygen atoms in total. The number of aliphatic imine (C=N–C) groups is 1. The molecule has 0 aliphatic rings. The number of halogens is 3. The predicted molar refractivity (Wildman–Crippen MR) is 112 cm³/mol. The molecule has 0 spiro atoms. The van der Waals surface area contributed by atoms with E-state index < -0.39 is 17.8 Å². The second-order valence-electron chi connectivity index (χ2n) is 7.02. The van der Waals surface area contributed by atoms with Crippen molar-refractivity contribution in [2.24, 2.45) is 4.99 Å². The molecule has 0 atom stereocenters. The van der Waals surface area contributed by atoms with Crippen molar-refractivity contribution in [3.63, 3.8) is 0 Å². The molecule has 0 aliphatic carbocycles. The molecule has 34 heavy (non-hydrogen) atoms. The normalized spacial score (nSPS) is 11.9. The molecule has 0 unspecified atom stereocenters. The van der Waals surface area contributed by atoms with Crippen LogP contribution in [0.5, 0.6) is 6.01 Å². The van der Waals surface area contributed by atoms with Crippen LogP contribution in [-0.2, 0) is 12.7 Å². The lowest BCUT2D eigenvalue weighted by Gasteiger charge is -2.14. The highest BCUT2D eigenvalue weighted by atomic mass is 19.4. The fraction of sp³-hybridized carbons (Fsp3) is 0.136. The van der Waals surface area contributed by atoms with Crippen LogP contribution in [0.25, 0.3) is 11.1 Å². The Morgan fingerprint density at radius 3 is 2.62 bits per heavy atom. The summed E-state index contributed by atoms with van der Waals surface area (Å²) in [5.41, 5.74) is 1.64. The zero-order valence-electron chi connectivity index (χ0n) is 17.7. The Labute approximate surface area is 191 Å². The number of nitrogens with one attached hydrogen (secondary N) is 1. The van der Waals surface area contributed by atoms with Crippen molar-refractivity contribution in [1.82, 2.24) is 15.2 Å². The molecule has 174 valence electrons. The Bertz CT molecular complexity index is 1310. The van der Waals surface area contributed by atoms with Gasteiger partial charge >= 0.3 is 18.1 Å². The van der Waals surface area contributed by atoms with Crippen LogP contribution in [0.2, 0.25) is 0 Å². The van der Waals surface area contributed by atoms with Gasteiger partial charge in [0.05, 0.1) is 18.7 Å². The summed E-state index contributed by atoms with van der Waals surface area (Å²) in [5.74, 6) is -0.107. The van der Waals surface area contributed by atoms with Gasteiger partial charge in [0.15, 0.2) is 0 Å². The first-order valence-corrected chi connectivity index (χ1v) is 9.82. The van der Waals surface area contributed by atoms with Crippen molar-refractivity contribution < 1.29 is 32.2 Å². The third-order valence-electron chi connectivity index (χ3n) is 4.57. The lowest BCUT2D eigenvalue weighted by atomic mass is 10.1. The average molecular weight is 470 g/mol. The van der Waals surface area contributed by atoms with Gasteiger partial charge in [-0.05, 0) is 34.5 Å². The fourth-order valence-corrected chi connectivity index (χ4v) is 3.02. The van der Waals surface area contributed by atoms with E-state index in [0.717, 1.165) is 28.8 Å². The maximum Gasteiger partial charge on any atom is 0.416 e. The van der Waals surface area contributed by atoms with E-state index in [9.17, 15) is 18.3 Å². The van der Waals surface area contributed by atoms with E-state index >= 15 is 0 Å². The molecule has 0 fully saturated rings. The Morgan fingerprint density at radius 2 is 1.88 bits per heavy atom. The zero-order valence-corrected chi connectivity index (χ0v) is 17.7. The van der Waals surface area contributed by atoms with Crippen LogP contribution in [0.15, 0.2) is 76.6 Å². The summed E-state index contributed by atoms with van der Waals surface area (Å²) in [5, 5.41) is 18.2. The van der Waals surface area contributed by atoms with Gasteiger partial charge in [-0.25, -0.2) is 15.0 Å². The minimum absolute atomic E-state index is 0.0460. The van der Waals surface area contributed by atoms with Gasteiger partial charge in [-0.2, -0.15) is 13.2 Å². The summed E-state index contributed by atoms with van der Waals surface area (Å²) >= 11 is 0. The molecule has 1 N–H and O–H groups in total. The van der Waals surface area contributed by atoms with Crippen molar-refractivity contribution in [1.29, 1.82) is 0 Å². The Hall–Kier alpha value is -4.48. The van der Waals surface area contributed by atoms with Gasteiger partial charge in [0.1, 0.15) is 0 Å². The largest absolute Gasteiger partial charge is 0.846 e. The lowest BCUT2D eigenvalue weighted by molar-refractivity contribution is -0.754. The maximum absolute atomic E-state index is 12.8. The first-order chi connectivity index (χ1) is 16.3. The number of anilines is 1. The van der Waals surface area contributed by atoms with Gasteiger partial charge in [-0.15, -0.1) is 0 Å². The van der Waals surface area contributed by atoms with Crippen molar-refractivity contribution in [3.8, 4) is 17.1 Å². The molecule has 4 rings (SSSR count). The Balaban J connectivity index is 1.44. The van der Waals surface area contributed by atoms with Gasteiger partial charge in [-0.1, -0.05) is 24.3 Å². The van der Waals surface area contributed by atoms with Crippen LogP contribution in [0.1, 0.15) is 11.1 Å². The number of hydrogen-bond acceptors (Lipinski definition) is 7. The predicted octanol–water partition coefficient (Wildman–Crippen LogP) is 2.95. The molecular weight excluding hydrogens is 453 g/mol. The van der Waals surface area contributed by atoms with Gasteiger partial charge < -0.3 is 15.2 Å². The smallest absolute Gasteiger partial charge is 0.416 e. The number of ether oxygens (including phenoxy) is 1. The van der Waals surface area contributed by atoms with Gasteiger partial charge in [0.2, 0.25) is 11.8 Å². The van der Waals surface area contributed by atoms with Gasteiger partial charge in [0, 0.05) is 29.2 Å². The molecule has 2 aromatic carbocycles. The summed E-state index contributed by atoms with van der Waals surface area (Å²) < 4.78 is 49.9. The van der Waals surface area contributed by atoms with Crippen LogP contribution < -0.4 is 19.8 Å². The standard InChI is InChI=1S/C22H17F3N6O3/c1-33-21-26-10-16(11-27-21)15-5-2-4-14(8-15)12-31-13-19(34-30-31)29-20(32)28-18-7-3-6-17(9-18)22(23,24)25/h2-11,13H,12H2,1H3,(H-,28,29,30,32). The third kappa shape index (κ3) is 5.65. The quantitative estimate of drug-likeness (QED) is 0.262. The average Bonchev–Trinajstić information content (AvgIpc) is 3.25. The first-order valence-electron chi connectivity index (χ1n) is 9.82. The van der Waals surface area contributed by atoms with Crippen LogP contribution in [-0.4, -0.2) is 28.4 Å². The fourth-order valence-electron chi connectivity index (χ4n) is 3.02. The lowest BCUT2D eigenvalue weighted by Crippen LogP contribution is -2.35. The van der Waals surface area contributed by atoms with E-state index in [0.29, 0.717) is 6.54 Å². The topological polar surface area (TPSA) is 112 Å². The molecule has 0 saturated carbocycles. The number of benzene rings is 2. The monoisotopic (exact) mass is 470 g/mol. The van der Waals surface area contributed by atoms with Crippen molar-refractivity contribution in [2.45, 2.75) is 12.7 Å². The molecule has 4 aromatic rings. The number of aromatic nitrogens is 4. The number of hydrogen-bond donors (Lipinski definition) is 1. The molecule has 0 saturated heterocycles. The molecular formula is C22H17F3N6O3. The van der Waals surface area contributed by atoms with Crippen LogP contribution in [0.4, 0.5) is 24.7 Å².